The van der Waals surface area contributed by atoms with Gasteiger partial charge in [0.25, 0.3) is 5.56 Å². The van der Waals surface area contributed by atoms with Gasteiger partial charge in [0.15, 0.2) is 5.43 Å². The molecule has 3 rings (SSSR count). The highest BCUT2D eigenvalue weighted by Gasteiger charge is 2.00. The summed E-state index contributed by atoms with van der Waals surface area (Å²) in [5.41, 5.74) is 2.22. The molecule has 0 saturated carbocycles. The smallest absolute Gasteiger partial charge is 0.266 e. The highest BCUT2D eigenvalue weighted by atomic mass is 16.1. The summed E-state index contributed by atoms with van der Waals surface area (Å²) in [6.45, 7) is 0. The summed E-state index contributed by atoms with van der Waals surface area (Å²) < 4.78 is 1.84. The second-order valence-electron chi connectivity index (χ2n) is 4.30. The van der Waals surface area contributed by atoms with Gasteiger partial charge in [0.05, 0.1) is 18.1 Å². The van der Waals surface area contributed by atoms with Gasteiger partial charge < -0.3 is 9.55 Å². The van der Waals surface area contributed by atoms with E-state index in [-0.39, 0.29) is 11.0 Å². The number of hydrogen-bond donors (Lipinski definition) is 1. The lowest BCUT2D eigenvalue weighted by atomic mass is 10.1. The summed E-state index contributed by atoms with van der Waals surface area (Å²) in [6, 6.07) is 10.6. The van der Waals surface area contributed by atoms with Crippen LogP contribution in [0.1, 0.15) is 0 Å². The summed E-state index contributed by atoms with van der Waals surface area (Å²) in [5, 5.41) is 0. The third-order valence-corrected chi connectivity index (χ3v) is 2.93. The van der Waals surface area contributed by atoms with E-state index in [0.717, 1.165) is 11.3 Å². The maximum Gasteiger partial charge on any atom is 0.266 e. The minimum Gasteiger partial charge on any atom is -0.324 e. The van der Waals surface area contributed by atoms with Gasteiger partial charge >= 0.3 is 0 Å². The van der Waals surface area contributed by atoms with Crippen molar-refractivity contribution in [1.29, 1.82) is 0 Å². The third kappa shape index (κ3) is 2.42. The SMILES string of the molecule is O=c1ccn(-c2ccc(-c3cncc(=O)[nH]3)cc2)cc1. The first kappa shape index (κ1) is 12.1. The van der Waals surface area contributed by atoms with Crippen molar-refractivity contribution in [2.45, 2.75) is 0 Å². The molecule has 5 heteroatoms. The highest BCUT2D eigenvalue weighted by molar-refractivity contribution is 5.59. The van der Waals surface area contributed by atoms with E-state index < -0.39 is 0 Å². The molecule has 0 aliphatic rings. The molecule has 1 aromatic carbocycles. The molecule has 1 N–H and O–H groups in total. The Morgan fingerprint density at radius 3 is 2.25 bits per heavy atom. The molecular weight excluding hydrogens is 254 g/mol. The second-order valence-corrected chi connectivity index (χ2v) is 4.30. The van der Waals surface area contributed by atoms with E-state index >= 15 is 0 Å². The summed E-state index contributed by atoms with van der Waals surface area (Å²) in [7, 11) is 0. The molecule has 0 atom stereocenters. The number of aromatic nitrogens is 3. The predicted octanol–water partition coefficient (Wildman–Crippen LogP) is 1.59. The summed E-state index contributed by atoms with van der Waals surface area (Å²) >= 11 is 0. The van der Waals surface area contributed by atoms with Crippen LogP contribution in [0.2, 0.25) is 0 Å². The lowest BCUT2D eigenvalue weighted by Gasteiger charge is -2.07. The average molecular weight is 265 g/mol. The molecule has 0 bridgehead atoms. The van der Waals surface area contributed by atoms with Gasteiger partial charge in [-0.25, -0.2) is 0 Å². The normalized spacial score (nSPS) is 10.4. The van der Waals surface area contributed by atoms with E-state index in [9.17, 15) is 9.59 Å². The van der Waals surface area contributed by atoms with Crippen molar-refractivity contribution in [3.05, 3.63) is 81.8 Å². The topological polar surface area (TPSA) is 67.8 Å². The Hall–Kier alpha value is -2.95. The van der Waals surface area contributed by atoms with Crippen LogP contribution in [0.4, 0.5) is 0 Å². The van der Waals surface area contributed by atoms with Gasteiger partial charge in [-0.05, 0) is 17.7 Å². The number of nitrogens with zero attached hydrogens (tertiary/aromatic N) is 2. The van der Waals surface area contributed by atoms with Crippen LogP contribution in [0.5, 0.6) is 0 Å². The van der Waals surface area contributed by atoms with Gasteiger partial charge in [0.2, 0.25) is 0 Å². The van der Waals surface area contributed by atoms with Crippen LogP contribution < -0.4 is 11.0 Å². The Labute approximate surface area is 114 Å². The van der Waals surface area contributed by atoms with Crippen LogP contribution in [-0.4, -0.2) is 14.5 Å². The van der Waals surface area contributed by atoms with E-state index in [1.165, 1.54) is 18.3 Å². The van der Waals surface area contributed by atoms with E-state index in [0.29, 0.717) is 5.69 Å². The Morgan fingerprint density at radius 2 is 1.60 bits per heavy atom. The molecule has 3 aromatic rings. The van der Waals surface area contributed by atoms with Crippen LogP contribution in [0.3, 0.4) is 0 Å². The van der Waals surface area contributed by atoms with Gasteiger partial charge in [0.1, 0.15) is 0 Å². The second kappa shape index (κ2) is 4.97. The van der Waals surface area contributed by atoms with Crippen molar-refractivity contribution in [2.24, 2.45) is 0 Å². The zero-order valence-electron chi connectivity index (χ0n) is 10.5. The van der Waals surface area contributed by atoms with Gasteiger partial charge in [0, 0.05) is 30.2 Å². The quantitative estimate of drug-likeness (QED) is 0.765. The van der Waals surface area contributed by atoms with Gasteiger partial charge in [-0.15, -0.1) is 0 Å². The molecule has 5 nitrogen and oxygen atoms in total. The van der Waals surface area contributed by atoms with Crippen LogP contribution in [0.25, 0.3) is 16.9 Å². The minimum absolute atomic E-state index is 0.0224. The Kier molecular flexibility index (Phi) is 3.01. The number of aromatic amines is 1. The van der Waals surface area contributed by atoms with Crippen molar-refractivity contribution >= 4 is 0 Å². The van der Waals surface area contributed by atoms with Crippen molar-refractivity contribution in [3.8, 4) is 16.9 Å². The third-order valence-electron chi connectivity index (χ3n) is 2.93. The summed E-state index contributed by atoms with van der Waals surface area (Å²) in [6.07, 6.45) is 6.26. The maximum atomic E-state index is 11.2. The Morgan fingerprint density at radius 1 is 0.900 bits per heavy atom. The van der Waals surface area contributed by atoms with Crippen LogP contribution in [-0.2, 0) is 0 Å². The number of hydrogen-bond acceptors (Lipinski definition) is 3. The monoisotopic (exact) mass is 265 g/mol. The molecule has 0 aliphatic heterocycles. The Balaban J connectivity index is 1.97. The van der Waals surface area contributed by atoms with Crippen molar-refractivity contribution in [3.63, 3.8) is 0 Å². The van der Waals surface area contributed by atoms with Crippen LogP contribution >= 0.6 is 0 Å². The van der Waals surface area contributed by atoms with Crippen molar-refractivity contribution in [1.82, 2.24) is 14.5 Å². The largest absolute Gasteiger partial charge is 0.324 e. The Bertz CT molecular complexity index is 827. The van der Waals surface area contributed by atoms with Crippen molar-refractivity contribution < 1.29 is 0 Å². The van der Waals surface area contributed by atoms with Gasteiger partial charge in [-0.1, -0.05) is 12.1 Å². The van der Waals surface area contributed by atoms with E-state index in [1.807, 2.05) is 28.8 Å². The molecule has 2 aromatic heterocycles. The molecule has 2 heterocycles. The minimum atomic E-state index is -0.230. The number of H-pyrrole nitrogens is 1. The van der Waals surface area contributed by atoms with Gasteiger partial charge in [-0.2, -0.15) is 0 Å². The average Bonchev–Trinajstić information content (AvgIpc) is 2.48. The van der Waals surface area contributed by atoms with Crippen molar-refractivity contribution in [2.75, 3.05) is 0 Å². The number of pyridine rings is 1. The molecule has 20 heavy (non-hydrogen) atoms. The zero-order chi connectivity index (χ0) is 13.9. The molecule has 0 unspecified atom stereocenters. The van der Waals surface area contributed by atoms with E-state index in [2.05, 4.69) is 9.97 Å². The first-order valence-electron chi connectivity index (χ1n) is 6.06. The highest BCUT2D eigenvalue weighted by Crippen LogP contribution is 2.17. The zero-order valence-corrected chi connectivity index (χ0v) is 10.5. The lowest BCUT2D eigenvalue weighted by Crippen LogP contribution is -2.05. The summed E-state index contributed by atoms with van der Waals surface area (Å²) in [4.78, 5) is 28.9. The molecule has 0 radical (unpaired) electrons. The molecule has 0 saturated heterocycles. The fraction of sp³-hybridized carbons (Fsp3) is 0. The predicted molar refractivity (Wildman–Crippen MR) is 75.9 cm³/mol. The molecule has 0 aliphatic carbocycles. The summed E-state index contributed by atoms with van der Waals surface area (Å²) in [5.74, 6) is 0. The fourth-order valence-corrected chi connectivity index (χ4v) is 1.92. The number of nitrogens with one attached hydrogen (secondary N) is 1. The van der Waals surface area contributed by atoms with E-state index in [1.54, 1.807) is 18.6 Å². The fourth-order valence-electron chi connectivity index (χ4n) is 1.92. The number of benzene rings is 1. The molecular formula is C15H11N3O2. The standard InChI is InChI=1S/C15H11N3O2/c19-13-5-7-18(8-6-13)12-3-1-11(2-4-12)14-9-16-10-15(20)17-14/h1-10H,(H,17,20). The van der Waals surface area contributed by atoms with Gasteiger partial charge in [-0.3, -0.25) is 14.6 Å². The van der Waals surface area contributed by atoms with Crippen LogP contribution in [0, 0.1) is 0 Å². The maximum absolute atomic E-state index is 11.2. The van der Waals surface area contributed by atoms with E-state index in [4.69, 9.17) is 0 Å². The number of rotatable bonds is 2. The molecule has 0 fully saturated rings. The lowest BCUT2D eigenvalue weighted by molar-refractivity contribution is 1.04. The molecule has 98 valence electrons. The molecule has 0 spiro atoms. The first-order valence-corrected chi connectivity index (χ1v) is 6.06. The van der Waals surface area contributed by atoms with Crippen LogP contribution in [0.15, 0.2) is 70.8 Å². The first-order chi connectivity index (χ1) is 9.72. The molecule has 0 amide bonds.